The number of anilines is 1. The lowest BCUT2D eigenvalue weighted by Gasteiger charge is -2.50. The van der Waals surface area contributed by atoms with Crippen LogP contribution in [0.3, 0.4) is 0 Å². The van der Waals surface area contributed by atoms with E-state index in [1.165, 1.54) is 11.1 Å². The number of hydrogen-bond acceptors (Lipinski definition) is 15. The van der Waals surface area contributed by atoms with E-state index in [2.05, 4.69) is 40.9 Å². The topological polar surface area (TPSA) is 250 Å². The number of alkyl halides is 3. The van der Waals surface area contributed by atoms with Crippen molar-refractivity contribution in [3.05, 3.63) is 53.9 Å². The van der Waals surface area contributed by atoms with Gasteiger partial charge in [-0.2, -0.15) is 31.1 Å². The van der Waals surface area contributed by atoms with Gasteiger partial charge in [-0.3, -0.25) is 14.1 Å². The van der Waals surface area contributed by atoms with E-state index in [1.54, 1.807) is 47.4 Å². The van der Waals surface area contributed by atoms with Gasteiger partial charge in [0.1, 0.15) is 36.4 Å². The number of aromatic nitrogens is 3. The van der Waals surface area contributed by atoms with Crippen molar-refractivity contribution in [2.75, 3.05) is 46.7 Å². The molecule has 2 aliphatic heterocycles. The maximum Gasteiger partial charge on any atom is 0.418 e. The van der Waals surface area contributed by atoms with Crippen LogP contribution in [0.1, 0.15) is 25.2 Å². The second kappa shape index (κ2) is 20.3. The fourth-order valence-corrected chi connectivity index (χ4v) is 5.78. The lowest BCUT2D eigenvalue weighted by molar-refractivity contribution is -0.511. The number of rotatable bonds is 13. The summed E-state index contributed by atoms with van der Waals surface area (Å²) in [7, 11) is 2.20. The van der Waals surface area contributed by atoms with Crippen LogP contribution in [0.25, 0.3) is 5.65 Å². The summed E-state index contributed by atoms with van der Waals surface area (Å²) in [4.78, 5) is 43.0. The smallest absolute Gasteiger partial charge is 0.418 e. The van der Waals surface area contributed by atoms with Gasteiger partial charge in [0.25, 0.3) is 17.7 Å². The van der Waals surface area contributed by atoms with Crippen LogP contribution in [0.5, 0.6) is 5.75 Å². The summed E-state index contributed by atoms with van der Waals surface area (Å²) in [6, 6.07) is 3.16. The maximum atomic E-state index is 11.5. The number of aryl methyl sites for hydroxylation is 1. The third kappa shape index (κ3) is 13.8. The van der Waals surface area contributed by atoms with Gasteiger partial charge in [-0.1, -0.05) is 11.7 Å². The predicted octanol–water partition coefficient (Wildman–Crippen LogP) is 0.943. The summed E-state index contributed by atoms with van der Waals surface area (Å²) < 4.78 is 79.2. The maximum absolute atomic E-state index is 11.5. The Labute approximate surface area is 318 Å². The number of aliphatic carboxylic acids is 1. The predicted molar refractivity (Wildman–Crippen MR) is 191 cm³/mol. The summed E-state index contributed by atoms with van der Waals surface area (Å²) in [6.07, 6.45) is -0.434. The average Bonchev–Trinajstić information content (AvgIpc) is 3.65. The summed E-state index contributed by atoms with van der Waals surface area (Å²) in [5.41, 5.74) is 7.01. The summed E-state index contributed by atoms with van der Waals surface area (Å²) in [5, 5.41) is 21.5. The zero-order chi connectivity index (χ0) is 41.7. The fraction of sp³-hybridized carbons (Fsp3) is 0.484. The molecule has 0 aliphatic carbocycles. The van der Waals surface area contributed by atoms with Crippen molar-refractivity contribution >= 4 is 56.4 Å². The third-order valence-corrected chi connectivity index (χ3v) is 8.58. The van der Waals surface area contributed by atoms with Crippen LogP contribution in [0.15, 0.2) is 47.7 Å². The minimum atomic E-state index is -4.64. The van der Waals surface area contributed by atoms with Crippen molar-refractivity contribution in [2.45, 2.75) is 44.1 Å². The molecule has 0 saturated carbocycles. The Hall–Kier alpha value is -4.72. The number of fused-ring (bicyclic) bond motifs is 1. The van der Waals surface area contributed by atoms with Crippen molar-refractivity contribution < 1.29 is 68.6 Å². The minimum Gasteiger partial charge on any atom is -0.485 e. The molecule has 0 spiro atoms. The Morgan fingerprint density at radius 2 is 1.93 bits per heavy atom. The largest absolute Gasteiger partial charge is 0.485 e. The van der Waals surface area contributed by atoms with E-state index in [9.17, 15) is 41.1 Å². The van der Waals surface area contributed by atoms with E-state index in [1.807, 2.05) is 23.7 Å². The number of imidazole rings is 1. The van der Waals surface area contributed by atoms with Crippen LogP contribution in [0, 0.1) is 5.92 Å². The highest BCUT2D eigenvalue weighted by molar-refractivity contribution is 7.80. The lowest BCUT2D eigenvalue weighted by atomic mass is 9.85. The van der Waals surface area contributed by atoms with Crippen molar-refractivity contribution in [1.82, 2.24) is 25.2 Å². The number of oxime groups is 1. The Morgan fingerprint density at radius 3 is 2.36 bits per heavy atom. The first-order valence-electron chi connectivity index (χ1n) is 15.9. The second-order valence-corrected chi connectivity index (χ2v) is 14.0. The van der Waals surface area contributed by atoms with Gasteiger partial charge in [-0.15, -0.1) is 15.6 Å². The number of carboxylic acids is 1. The van der Waals surface area contributed by atoms with E-state index in [-0.39, 0.29) is 29.2 Å². The van der Waals surface area contributed by atoms with Crippen molar-refractivity contribution in [2.24, 2.45) is 18.1 Å². The first-order chi connectivity index (χ1) is 25.6. The van der Waals surface area contributed by atoms with Crippen molar-refractivity contribution in [3.63, 3.8) is 0 Å². The molecule has 2 aliphatic rings. The molecule has 2 saturated heterocycles. The Kier molecular flexibility index (Phi) is 17.1. The number of ether oxygens (including phenoxy) is 2. The normalized spacial score (nSPS) is 17.1. The van der Waals surface area contributed by atoms with E-state index < -0.39 is 46.1 Å². The highest BCUT2D eigenvalue weighted by Crippen LogP contribution is 2.32. The molecule has 24 heteroatoms. The molecule has 1 amide bonds. The number of carbonyl (C=O) groups is 3. The molecule has 2 fully saturated rings. The van der Waals surface area contributed by atoms with Crippen LogP contribution in [0.2, 0.25) is 0 Å². The molecule has 0 radical (unpaired) electrons. The Balaban J connectivity index is 0.000000374. The monoisotopic (exact) mass is 825 g/mol. The number of nitrogens with zero attached hydrogens (tertiary/aromatic N) is 5. The number of aldehydes is 1. The molecule has 3 aromatic heterocycles. The van der Waals surface area contributed by atoms with Crippen LogP contribution in [-0.2, 0) is 52.1 Å². The van der Waals surface area contributed by atoms with Crippen molar-refractivity contribution in [3.8, 4) is 5.75 Å². The summed E-state index contributed by atoms with van der Waals surface area (Å²) >= 11 is 1.13. The number of hydrogen-bond donors (Lipinski definition) is 5. The lowest BCUT2D eigenvalue weighted by Crippen LogP contribution is -2.75. The molecule has 55 heavy (non-hydrogen) atoms. The van der Waals surface area contributed by atoms with Gasteiger partial charge in [0, 0.05) is 38.2 Å². The van der Waals surface area contributed by atoms with Crippen molar-refractivity contribution in [1.29, 1.82) is 0 Å². The summed E-state index contributed by atoms with van der Waals surface area (Å²) in [6.45, 7) is 7.49. The van der Waals surface area contributed by atoms with Crippen LogP contribution >= 0.6 is 11.3 Å². The second-order valence-electron chi connectivity index (χ2n) is 12.1. The number of carbonyl (C=O) groups excluding carboxylic acids is 2. The Morgan fingerprint density at radius 1 is 1.31 bits per heavy atom. The Bertz CT molecular complexity index is 1920. The molecule has 2 unspecified atom stereocenters. The van der Waals surface area contributed by atoms with E-state index in [0.29, 0.717) is 23.0 Å². The van der Waals surface area contributed by atoms with Gasteiger partial charge in [0.15, 0.2) is 22.9 Å². The number of carboxylic acid groups (broad SMARTS) is 1. The number of methoxy groups -OCH3 is 1. The first-order valence-corrected chi connectivity index (χ1v) is 18.1. The average molecular weight is 826 g/mol. The first kappa shape index (κ1) is 46.4. The van der Waals surface area contributed by atoms with Crippen LogP contribution in [0.4, 0.5) is 18.3 Å². The number of allylic oxidation sites excluding steroid dienone is 1. The van der Waals surface area contributed by atoms with Crippen LogP contribution < -0.4 is 25.5 Å². The molecular weight excluding hydrogens is 782 g/mol. The number of nitrogens with one attached hydrogen (secondary N) is 2. The number of β-lactam (4-membered cyclic amide) rings is 1. The molecule has 3 aromatic rings. The molecule has 5 heterocycles. The highest BCUT2D eigenvalue weighted by Gasteiger charge is 2.56. The van der Waals surface area contributed by atoms with E-state index >= 15 is 0 Å². The fourth-order valence-electron chi connectivity index (χ4n) is 4.77. The molecule has 6 N–H and O–H groups in total. The van der Waals surface area contributed by atoms with E-state index in [0.717, 1.165) is 36.5 Å². The third-order valence-electron chi connectivity index (χ3n) is 7.57. The molecule has 0 bridgehead atoms. The van der Waals surface area contributed by atoms with Gasteiger partial charge < -0.3 is 35.8 Å². The quantitative estimate of drug-likeness (QED) is 0.0306. The molecule has 2 atom stereocenters. The highest BCUT2D eigenvalue weighted by atomic mass is 32.3. The molecule has 306 valence electrons. The number of thiazole rings is 1. The number of likely N-dealkylation sites (N-methyl/N-ethyl adjacent to an activating group) is 1. The standard InChI is InChI=1S/C20H22N6O5S.C6H12N2O5S.C3H3F3.C2H6O/c1-25-13(4-12-5-22-6-12)7-26-8-14(2-3-18(25)26)30-10-17(19(28)29)31-24-15(9-27)16-11-32-20(21)23-16;1-6(2)4(7-3)5(9)8(6)13-14(10,11)12;1-2-3(4,5)6;1-3-2/h2-3,7-9,11-12,17,22H,4-6,10H2,1H3,(H2-,21,23,28,29);4,7H,1-3H3,(H,10,11,12);2H,1H2;1-2H3/p+1/b24-15+;;;. The van der Waals surface area contributed by atoms with Gasteiger partial charge in [-0.05, 0) is 46.0 Å². The number of halogens is 3. The summed E-state index contributed by atoms with van der Waals surface area (Å²) in [5.74, 6) is -0.691. The van der Waals surface area contributed by atoms with E-state index in [4.69, 9.17) is 19.9 Å². The van der Waals surface area contributed by atoms with Gasteiger partial charge in [-0.25, -0.2) is 14.3 Å². The number of hydroxylamine groups is 2. The van der Waals surface area contributed by atoms with Gasteiger partial charge in [0.05, 0.1) is 12.6 Å². The zero-order valence-electron chi connectivity index (χ0n) is 30.6. The SMILES string of the molecule is C=CC(F)(F)F.CNC1C(=O)N(OS(=O)(=O)O)C1(C)C.COC.Cn1c(CC2CNC2)c[n+]2cc(OCC(O/N=C(\C=O)c3csc(N)n3)C(=O)O)ccc12. The molecule has 19 nitrogen and oxygen atoms in total. The van der Waals surface area contributed by atoms with Crippen LogP contribution in [-0.4, -0.2) is 121 Å². The zero-order valence-corrected chi connectivity index (χ0v) is 32.3. The number of amides is 1. The minimum absolute atomic E-state index is 0.0625. The number of nitrogen functional groups attached to an aromatic ring is 1. The molecular formula is C31H44F3N8O11S2+. The molecule has 0 aromatic carbocycles. The molecule has 5 rings (SSSR count). The van der Waals surface area contributed by atoms with Gasteiger partial charge in [0.2, 0.25) is 0 Å². The number of pyridine rings is 1. The van der Waals surface area contributed by atoms with Gasteiger partial charge >= 0.3 is 22.5 Å². The number of nitrogens with two attached hydrogens (primary N) is 1.